The zero-order valence-electron chi connectivity index (χ0n) is 10.3. The Balaban J connectivity index is 2.10. The molecule has 0 spiro atoms. The molecule has 5 heteroatoms. The van der Waals surface area contributed by atoms with Gasteiger partial charge >= 0.3 is 0 Å². The van der Waals surface area contributed by atoms with Crippen LogP contribution in [0.1, 0.15) is 5.69 Å². The summed E-state index contributed by atoms with van der Waals surface area (Å²) in [5.74, 6) is 0.137. The van der Waals surface area contributed by atoms with Crippen LogP contribution in [0.15, 0.2) is 34.9 Å². The summed E-state index contributed by atoms with van der Waals surface area (Å²) >= 11 is 0. The van der Waals surface area contributed by atoms with Gasteiger partial charge in [0.25, 0.3) is 0 Å². The fourth-order valence-electron chi connectivity index (χ4n) is 1.71. The maximum atomic E-state index is 13.1. The molecule has 0 aliphatic carbocycles. The van der Waals surface area contributed by atoms with Gasteiger partial charge in [0.15, 0.2) is 0 Å². The second kappa shape index (κ2) is 5.75. The van der Waals surface area contributed by atoms with E-state index in [4.69, 9.17) is 10.2 Å². The summed E-state index contributed by atoms with van der Waals surface area (Å²) in [5.41, 5.74) is 6.92. The van der Waals surface area contributed by atoms with Crippen LogP contribution < -0.4 is 5.73 Å². The molecule has 0 aliphatic rings. The number of nitrogens with zero attached hydrogens (tertiary/aromatic N) is 2. The second-order valence-electron chi connectivity index (χ2n) is 4.18. The van der Waals surface area contributed by atoms with E-state index in [1.807, 2.05) is 11.9 Å². The Labute approximate surface area is 105 Å². The summed E-state index contributed by atoms with van der Waals surface area (Å²) in [6.45, 7) is 2.06. The summed E-state index contributed by atoms with van der Waals surface area (Å²) in [5, 5.41) is 0. The van der Waals surface area contributed by atoms with Gasteiger partial charge in [-0.05, 0) is 25.2 Å². The second-order valence-corrected chi connectivity index (χ2v) is 4.18. The maximum Gasteiger partial charge on any atom is 0.226 e. The minimum absolute atomic E-state index is 0.299. The van der Waals surface area contributed by atoms with E-state index >= 15 is 0 Å². The number of hydrogen-bond acceptors (Lipinski definition) is 4. The Bertz CT molecular complexity index is 512. The SMILES string of the molecule is CN(CCN)Cc1coc(-c2cccc(F)c2)n1. The molecule has 0 amide bonds. The Morgan fingerprint density at radius 2 is 2.28 bits per heavy atom. The molecule has 0 saturated heterocycles. The van der Waals surface area contributed by atoms with Gasteiger partial charge in [-0.25, -0.2) is 9.37 Å². The first-order valence-corrected chi connectivity index (χ1v) is 5.78. The molecule has 0 unspecified atom stereocenters. The Morgan fingerprint density at radius 3 is 3.00 bits per heavy atom. The van der Waals surface area contributed by atoms with Crippen LogP contribution in [-0.4, -0.2) is 30.0 Å². The monoisotopic (exact) mass is 249 g/mol. The summed E-state index contributed by atoms with van der Waals surface area (Å²) < 4.78 is 18.4. The number of halogens is 1. The van der Waals surface area contributed by atoms with E-state index in [9.17, 15) is 4.39 Å². The van der Waals surface area contributed by atoms with Gasteiger partial charge in [0.2, 0.25) is 5.89 Å². The average Bonchev–Trinajstić information content (AvgIpc) is 2.78. The highest BCUT2D eigenvalue weighted by molar-refractivity contribution is 5.52. The molecule has 0 bridgehead atoms. The lowest BCUT2D eigenvalue weighted by atomic mass is 10.2. The number of oxazole rings is 1. The number of hydrogen-bond donors (Lipinski definition) is 1. The zero-order valence-corrected chi connectivity index (χ0v) is 10.3. The molecule has 0 saturated carbocycles. The Hall–Kier alpha value is -1.72. The van der Waals surface area contributed by atoms with E-state index in [1.54, 1.807) is 18.4 Å². The third kappa shape index (κ3) is 3.15. The quantitative estimate of drug-likeness (QED) is 0.879. The van der Waals surface area contributed by atoms with Crippen LogP contribution in [0.4, 0.5) is 4.39 Å². The fraction of sp³-hybridized carbons (Fsp3) is 0.308. The maximum absolute atomic E-state index is 13.1. The summed E-state index contributed by atoms with van der Waals surface area (Å²) in [6, 6.07) is 6.19. The number of benzene rings is 1. The molecule has 1 heterocycles. The number of nitrogens with two attached hydrogens (primary N) is 1. The first-order valence-electron chi connectivity index (χ1n) is 5.78. The smallest absolute Gasteiger partial charge is 0.226 e. The van der Waals surface area contributed by atoms with Crippen molar-refractivity contribution in [3.8, 4) is 11.5 Å². The van der Waals surface area contributed by atoms with Crippen LogP contribution in [-0.2, 0) is 6.54 Å². The highest BCUT2D eigenvalue weighted by atomic mass is 19.1. The van der Waals surface area contributed by atoms with E-state index in [-0.39, 0.29) is 5.82 Å². The van der Waals surface area contributed by atoms with Gasteiger partial charge in [-0.1, -0.05) is 6.07 Å². The molecule has 4 nitrogen and oxygen atoms in total. The van der Waals surface area contributed by atoms with Gasteiger partial charge in [-0.15, -0.1) is 0 Å². The van der Waals surface area contributed by atoms with E-state index < -0.39 is 0 Å². The first-order chi connectivity index (χ1) is 8.69. The van der Waals surface area contributed by atoms with Crippen molar-refractivity contribution in [1.82, 2.24) is 9.88 Å². The highest BCUT2D eigenvalue weighted by Crippen LogP contribution is 2.19. The topological polar surface area (TPSA) is 55.3 Å². The summed E-state index contributed by atoms with van der Waals surface area (Å²) in [7, 11) is 1.96. The fourth-order valence-corrected chi connectivity index (χ4v) is 1.71. The normalized spacial score (nSPS) is 11.1. The first kappa shape index (κ1) is 12.7. The standard InChI is InChI=1S/C13H16FN3O/c1-17(6-5-15)8-12-9-18-13(16-12)10-3-2-4-11(14)7-10/h2-4,7,9H,5-6,8,15H2,1H3. The van der Waals surface area contributed by atoms with Crippen molar-refractivity contribution < 1.29 is 8.81 Å². The number of rotatable bonds is 5. The van der Waals surface area contributed by atoms with Crippen molar-refractivity contribution in [1.29, 1.82) is 0 Å². The Kier molecular flexibility index (Phi) is 4.07. The predicted molar refractivity (Wildman–Crippen MR) is 67.3 cm³/mol. The molecular formula is C13H16FN3O. The summed E-state index contributed by atoms with van der Waals surface area (Å²) in [6.07, 6.45) is 1.59. The third-order valence-corrected chi connectivity index (χ3v) is 2.57. The van der Waals surface area contributed by atoms with E-state index in [0.717, 1.165) is 12.2 Å². The van der Waals surface area contributed by atoms with Crippen molar-refractivity contribution in [2.24, 2.45) is 5.73 Å². The van der Waals surface area contributed by atoms with Crippen molar-refractivity contribution >= 4 is 0 Å². The molecule has 0 radical (unpaired) electrons. The highest BCUT2D eigenvalue weighted by Gasteiger charge is 2.08. The van der Waals surface area contributed by atoms with Crippen molar-refractivity contribution in [3.63, 3.8) is 0 Å². The van der Waals surface area contributed by atoms with E-state index in [2.05, 4.69) is 4.98 Å². The average molecular weight is 249 g/mol. The van der Waals surface area contributed by atoms with Gasteiger partial charge in [-0.3, -0.25) is 4.90 Å². The summed E-state index contributed by atoms with van der Waals surface area (Å²) in [4.78, 5) is 6.38. The van der Waals surface area contributed by atoms with Crippen LogP contribution in [0.5, 0.6) is 0 Å². The van der Waals surface area contributed by atoms with Crippen LogP contribution in [0, 0.1) is 5.82 Å². The largest absolute Gasteiger partial charge is 0.444 e. The lowest BCUT2D eigenvalue weighted by Gasteiger charge is -2.12. The van der Waals surface area contributed by atoms with Gasteiger partial charge in [0.05, 0.1) is 5.69 Å². The molecule has 0 aliphatic heterocycles. The van der Waals surface area contributed by atoms with Gasteiger partial charge < -0.3 is 10.2 Å². The minimum Gasteiger partial charge on any atom is -0.444 e. The minimum atomic E-state index is -0.299. The molecule has 0 fully saturated rings. The molecule has 1 aromatic carbocycles. The predicted octanol–water partition coefficient (Wildman–Crippen LogP) is 1.87. The van der Waals surface area contributed by atoms with Crippen LogP contribution in [0.2, 0.25) is 0 Å². The van der Waals surface area contributed by atoms with Gasteiger partial charge in [0, 0.05) is 25.2 Å². The molecule has 18 heavy (non-hydrogen) atoms. The third-order valence-electron chi connectivity index (χ3n) is 2.57. The molecular weight excluding hydrogens is 233 g/mol. The van der Waals surface area contributed by atoms with Crippen molar-refractivity contribution in [2.75, 3.05) is 20.1 Å². The molecule has 2 rings (SSSR count). The van der Waals surface area contributed by atoms with Crippen molar-refractivity contribution in [3.05, 3.63) is 42.0 Å². The molecule has 96 valence electrons. The molecule has 2 N–H and O–H groups in total. The molecule has 0 atom stereocenters. The van der Waals surface area contributed by atoms with Gasteiger partial charge in [-0.2, -0.15) is 0 Å². The van der Waals surface area contributed by atoms with E-state index in [1.165, 1.54) is 12.1 Å². The number of likely N-dealkylation sites (N-methyl/N-ethyl adjacent to an activating group) is 1. The van der Waals surface area contributed by atoms with Gasteiger partial charge in [0.1, 0.15) is 12.1 Å². The number of aromatic nitrogens is 1. The van der Waals surface area contributed by atoms with Crippen LogP contribution in [0.3, 0.4) is 0 Å². The lowest BCUT2D eigenvalue weighted by Crippen LogP contribution is -2.25. The molecule has 1 aromatic heterocycles. The van der Waals surface area contributed by atoms with E-state index in [0.29, 0.717) is 24.5 Å². The zero-order chi connectivity index (χ0) is 13.0. The van der Waals surface area contributed by atoms with Crippen LogP contribution in [0.25, 0.3) is 11.5 Å². The lowest BCUT2D eigenvalue weighted by molar-refractivity contribution is 0.332. The Morgan fingerprint density at radius 1 is 1.44 bits per heavy atom. The van der Waals surface area contributed by atoms with Crippen LogP contribution >= 0.6 is 0 Å². The van der Waals surface area contributed by atoms with Crippen molar-refractivity contribution in [2.45, 2.75) is 6.54 Å². The molecule has 2 aromatic rings.